The van der Waals surface area contributed by atoms with Crippen LogP contribution in [0.2, 0.25) is 0 Å². The molecular weight excluding hydrogens is 380 g/mol. The van der Waals surface area contributed by atoms with Crippen molar-refractivity contribution in [2.45, 2.75) is 19.4 Å². The third kappa shape index (κ3) is 4.39. The van der Waals surface area contributed by atoms with Gasteiger partial charge in [0.15, 0.2) is 0 Å². The highest BCUT2D eigenvalue weighted by atomic mass is 16.5. The van der Waals surface area contributed by atoms with Crippen LogP contribution in [-0.4, -0.2) is 56.0 Å². The summed E-state index contributed by atoms with van der Waals surface area (Å²) in [5.41, 5.74) is 2.46. The Labute approximate surface area is 177 Å². The molecule has 2 aromatic rings. The van der Waals surface area contributed by atoms with E-state index in [2.05, 4.69) is 0 Å². The van der Waals surface area contributed by atoms with Gasteiger partial charge in [-0.1, -0.05) is 42.0 Å². The zero-order valence-electron chi connectivity index (χ0n) is 17.9. The molecule has 6 nitrogen and oxygen atoms in total. The summed E-state index contributed by atoms with van der Waals surface area (Å²) in [6, 6.07) is 13.9. The number of hydrogen-bond acceptors (Lipinski definition) is 4. The number of ketones is 1. The van der Waals surface area contributed by atoms with Crippen molar-refractivity contribution < 1.29 is 24.3 Å². The summed E-state index contributed by atoms with van der Waals surface area (Å²) < 4.78 is 5.24. The second-order valence-corrected chi connectivity index (χ2v) is 7.94. The first-order valence-electron chi connectivity index (χ1n) is 10.1. The van der Waals surface area contributed by atoms with Crippen molar-refractivity contribution >= 4 is 17.4 Å². The quantitative estimate of drug-likeness (QED) is 0.417. The lowest BCUT2D eigenvalue weighted by atomic mass is 9.95. The van der Waals surface area contributed by atoms with E-state index in [-0.39, 0.29) is 11.3 Å². The van der Waals surface area contributed by atoms with Gasteiger partial charge in [-0.05, 0) is 24.6 Å². The second kappa shape index (κ2) is 9.13. The number of amides is 1. The van der Waals surface area contributed by atoms with Crippen molar-refractivity contribution in [2.75, 3.05) is 34.3 Å². The Morgan fingerprint density at radius 3 is 2.27 bits per heavy atom. The van der Waals surface area contributed by atoms with Crippen LogP contribution in [-0.2, 0) is 9.59 Å². The molecule has 30 heavy (non-hydrogen) atoms. The fourth-order valence-corrected chi connectivity index (χ4v) is 3.71. The number of methoxy groups -OCH3 is 1. The van der Waals surface area contributed by atoms with Crippen LogP contribution in [0.1, 0.15) is 29.2 Å². The summed E-state index contributed by atoms with van der Waals surface area (Å²) in [6.45, 7) is 3.26. The van der Waals surface area contributed by atoms with Gasteiger partial charge in [0.2, 0.25) is 0 Å². The molecule has 1 unspecified atom stereocenters. The number of quaternary nitrogens is 1. The minimum Gasteiger partial charge on any atom is -0.507 e. The van der Waals surface area contributed by atoms with E-state index in [0.717, 1.165) is 24.1 Å². The number of aliphatic hydroxyl groups is 1. The standard InChI is InChI=1S/C24H28N2O4/c1-16-6-8-18(9-7-16)22(27)20-21(17-10-12-19(30-4)13-11-17)26(24(29)23(20)28)15-5-14-25(2)3/h6-13,21,27H,5,14-15H2,1-4H3/p+1. The molecule has 0 radical (unpaired) electrons. The predicted octanol–water partition coefficient (Wildman–Crippen LogP) is 1.96. The number of nitrogens with zero attached hydrogens (tertiary/aromatic N) is 1. The Hall–Kier alpha value is -3.12. The molecule has 1 heterocycles. The number of rotatable bonds is 7. The number of hydrogen-bond donors (Lipinski definition) is 2. The molecule has 6 heteroatoms. The molecule has 1 amide bonds. The van der Waals surface area contributed by atoms with Gasteiger partial charge in [0.1, 0.15) is 11.5 Å². The van der Waals surface area contributed by atoms with E-state index >= 15 is 0 Å². The number of Topliss-reactive ketones (excluding diaryl/α,β-unsaturated/α-hetero) is 1. The zero-order valence-corrected chi connectivity index (χ0v) is 17.9. The van der Waals surface area contributed by atoms with Gasteiger partial charge in [0.05, 0.1) is 39.4 Å². The SMILES string of the molecule is COc1ccc(C2C(=C(O)c3ccc(C)cc3)C(=O)C(=O)N2CCC[NH+](C)C)cc1. The van der Waals surface area contributed by atoms with Crippen LogP contribution in [0, 0.1) is 6.92 Å². The first-order valence-corrected chi connectivity index (χ1v) is 10.1. The Morgan fingerprint density at radius 1 is 1.07 bits per heavy atom. The Balaban J connectivity index is 2.07. The fourth-order valence-electron chi connectivity index (χ4n) is 3.71. The van der Waals surface area contributed by atoms with Crippen molar-refractivity contribution in [3.8, 4) is 5.75 Å². The maximum atomic E-state index is 13.0. The van der Waals surface area contributed by atoms with Gasteiger partial charge in [0.25, 0.3) is 11.7 Å². The highest BCUT2D eigenvalue weighted by Crippen LogP contribution is 2.39. The fraction of sp³-hybridized carbons (Fsp3) is 0.333. The number of nitrogens with one attached hydrogen (secondary N) is 1. The van der Waals surface area contributed by atoms with E-state index < -0.39 is 17.7 Å². The van der Waals surface area contributed by atoms with Gasteiger partial charge in [-0.15, -0.1) is 0 Å². The highest BCUT2D eigenvalue weighted by molar-refractivity contribution is 6.46. The lowest BCUT2D eigenvalue weighted by molar-refractivity contribution is -0.858. The van der Waals surface area contributed by atoms with E-state index in [1.807, 2.05) is 45.3 Å². The molecule has 1 aliphatic rings. The molecule has 0 aliphatic carbocycles. The third-order valence-corrected chi connectivity index (χ3v) is 5.37. The van der Waals surface area contributed by atoms with E-state index in [4.69, 9.17) is 4.74 Å². The van der Waals surface area contributed by atoms with Crippen molar-refractivity contribution in [1.82, 2.24) is 4.90 Å². The van der Waals surface area contributed by atoms with Gasteiger partial charge in [-0.3, -0.25) is 9.59 Å². The average molecular weight is 410 g/mol. The first kappa shape index (κ1) is 21.6. The Morgan fingerprint density at radius 2 is 1.70 bits per heavy atom. The molecule has 0 aromatic heterocycles. The number of ether oxygens (including phenoxy) is 1. The van der Waals surface area contributed by atoms with Gasteiger partial charge in [-0.2, -0.15) is 0 Å². The molecular formula is C24H29N2O4+. The zero-order chi connectivity index (χ0) is 21.8. The van der Waals surface area contributed by atoms with Crippen molar-refractivity contribution in [1.29, 1.82) is 0 Å². The number of aryl methyl sites for hydroxylation is 1. The topological polar surface area (TPSA) is 71.3 Å². The summed E-state index contributed by atoms with van der Waals surface area (Å²) >= 11 is 0. The van der Waals surface area contributed by atoms with Crippen LogP contribution in [0.15, 0.2) is 54.1 Å². The summed E-state index contributed by atoms with van der Waals surface area (Å²) in [4.78, 5) is 28.7. The van der Waals surface area contributed by atoms with Crippen molar-refractivity contribution in [3.63, 3.8) is 0 Å². The van der Waals surface area contributed by atoms with Crippen LogP contribution in [0.5, 0.6) is 5.75 Å². The third-order valence-electron chi connectivity index (χ3n) is 5.37. The minimum atomic E-state index is -0.647. The molecule has 1 fully saturated rings. The number of aliphatic hydroxyl groups excluding tert-OH is 1. The first-order chi connectivity index (χ1) is 14.3. The largest absolute Gasteiger partial charge is 0.507 e. The van der Waals surface area contributed by atoms with Crippen molar-refractivity contribution in [3.05, 3.63) is 70.8 Å². The average Bonchev–Trinajstić information content (AvgIpc) is 2.98. The van der Waals surface area contributed by atoms with Crippen LogP contribution in [0.4, 0.5) is 0 Å². The molecule has 1 saturated heterocycles. The predicted molar refractivity (Wildman–Crippen MR) is 115 cm³/mol. The van der Waals surface area contributed by atoms with Crippen LogP contribution in [0.3, 0.4) is 0 Å². The molecule has 1 atom stereocenters. The normalized spacial score (nSPS) is 18.3. The van der Waals surface area contributed by atoms with Gasteiger partial charge >= 0.3 is 0 Å². The van der Waals surface area contributed by atoms with E-state index in [1.54, 1.807) is 36.3 Å². The lowest BCUT2D eigenvalue weighted by Crippen LogP contribution is -3.05. The van der Waals surface area contributed by atoms with Crippen LogP contribution < -0.4 is 9.64 Å². The highest BCUT2D eigenvalue weighted by Gasteiger charge is 2.45. The van der Waals surface area contributed by atoms with E-state index in [0.29, 0.717) is 17.9 Å². The van der Waals surface area contributed by atoms with E-state index in [9.17, 15) is 14.7 Å². The molecule has 2 N–H and O–H groups in total. The Kier molecular flexibility index (Phi) is 6.57. The van der Waals surface area contributed by atoms with Crippen LogP contribution >= 0.6 is 0 Å². The molecule has 0 spiro atoms. The monoisotopic (exact) mass is 409 g/mol. The van der Waals surface area contributed by atoms with Crippen molar-refractivity contribution in [2.24, 2.45) is 0 Å². The summed E-state index contributed by atoms with van der Waals surface area (Å²) in [5, 5.41) is 11.0. The van der Waals surface area contributed by atoms with Crippen LogP contribution in [0.25, 0.3) is 5.76 Å². The number of carbonyl (C=O) groups is 2. The summed E-state index contributed by atoms with van der Waals surface area (Å²) in [7, 11) is 5.68. The maximum absolute atomic E-state index is 13.0. The number of likely N-dealkylation sites (tertiary alicyclic amines) is 1. The molecule has 0 bridgehead atoms. The molecule has 1 aliphatic heterocycles. The van der Waals surface area contributed by atoms with Gasteiger partial charge < -0.3 is 19.6 Å². The molecule has 2 aromatic carbocycles. The maximum Gasteiger partial charge on any atom is 0.295 e. The molecule has 158 valence electrons. The molecule has 0 saturated carbocycles. The Bertz CT molecular complexity index is 946. The lowest BCUT2D eigenvalue weighted by Gasteiger charge is -2.25. The van der Waals surface area contributed by atoms with Gasteiger partial charge in [-0.25, -0.2) is 0 Å². The second-order valence-electron chi connectivity index (χ2n) is 7.94. The van der Waals surface area contributed by atoms with E-state index in [1.165, 1.54) is 4.90 Å². The van der Waals surface area contributed by atoms with Gasteiger partial charge in [0, 0.05) is 18.5 Å². The number of carbonyl (C=O) groups excluding carboxylic acids is 2. The molecule has 3 rings (SSSR count). The minimum absolute atomic E-state index is 0.131. The summed E-state index contributed by atoms with van der Waals surface area (Å²) in [5.74, 6) is -0.676. The number of benzene rings is 2. The smallest absolute Gasteiger partial charge is 0.295 e. The summed E-state index contributed by atoms with van der Waals surface area (Å²) in [6.07, 6.45) is 0.757.